The fraction of sp³-hybridized carbons (Fsp3) is 0.235. The van der Waals surface area contributed by atoms with E-state index in [9.17, 15) is 4.79 Å². The Labute approximate surface area is 119 Å². The number of methoxy groups -OCH3 is 1. The number of aryl methyl sites for hydroxylation is 1. The third kappa shape index (κ3) is 3.18. The first-order chi connectivity index (χ1) is 9.61. The number of rotatable bonds is 5. The van der Waals surface area contributed by atoms with E-state index in [-0.39, 0.29) is 5.78 Å². The van der Waals surface area contributed by atoms with Crippen LogP contribution in [0.2, 0.25) is 0 Å². The van der Waals surface area contributed by atoms with Crippen LogP contribution in [0.25, 0.3) is 0 Å². The molecule has 0 heterocycles. The summed E-state index contributed by atoms with van der Waals surface area (Å²) in [6.07, 6.45) is -0.561. The van der Waals surface area contributed by atoms with Gasteiger partial charge in [0, 0.05) is 5.56 Å². The predicted octanol–water partition coefficient (Wildman–Crippen LogP) is 3.65. The third-order valence-corrected chi connectivity index (χ3v) is 3.05. The second kappa shape index (κ2) is 6.24. The summed E-state index contributed by atoms with van der Waals surface area (Å²) >= 11 is 0. The van der Waals surface area contributed by atoms with Crippen LogP contribution in [0.15, 0.2) is 48.5 Å². The maximum atomic E-state index is 12.2. The Balaban J connectivity index is 2.16. The summed E-state index contributed by atoms with van der Waals surface area (Å²) in [5.41, 5.74) is 1.72. The molecule has 2 aromatic carbocycles. The first-order valence-corrected chi connectivity index (χ1v) is 6.52. The van der Waals surface area contributed by atoms with Crippen LogP contribution in [-0.4, -0.2) is 19.0 Å². The van der Waals surface area contributed by atoms with E-state index in [1.54, 1.807) is 26.2 Å². The Bertz CT molecular complexity index is 590. The molecule has 0 saturated carbocycles. The number of hydrogen-bond donors (Lipinski definition) is 0. The van der Waals surface area contributed by atoms with Crippen molar-refractivity contribution in [1.29, 1.82) is 0 Å². The third-order valence-electron chi connectivity index (χ3n) is 3.05. The normalized spacial score (nSPS) is 11.8. The highest BCUT2D eigenvalue weighted by Crippen LogP contribution is 2.29. The van der Waals surface area contributed by atoms with Crippen LogP contribution >= 0.6 is 0 Å². The molecule has 0 aromatic heterocycles. The summed E-state index contributed by atoms with van der Waals surface area (Å²) in [6, 6.07) is 14.8. The van der Waals surface area contributed by atoms with Gasteiger partial charge in [0.2, 0.25) is 5.78 Å². The van der Waals surface area contributed by atoms with Gasteiger partial charge < -0.3 is 9.47 Å². The number of ether oxygens (including phenoxy) is 2. The molecule has 1 atom stereocenters. The van der Waals surface area contributed by atoms with Crippen molar-refractivity contribution in [3.05, 3.63) is 59.7 Å². The predicted molar refractivity (Wildman–Crippen MR) is 78.6 cm³/mol. The molecule has 0 bridgehead atoms. The quantitative estimate of drug-likeness (QED) is 0.778. The van der Waals surface area contributed by atoms with Gasteiger partial charge in [-0.1, -0.05) is 36.4 Å². The molecule has 0 amide bonds. The maximum absolute atomic E-state index is 12.2. The highest BCUT2D eigenvalue weighted by Gasteiger charge is 2.18. The number of hydrogen-bond acceptors (Lipinski definition) is 3. The van der Waals surface area contributed by atoms with Crippen molar-refractivity contribution in [3.63, 3.8) is 0 Å². The van der Waals surface area contributed by atoms with Gasteiger partial charge in [0.1, 0.15) is 0 Å². The molecule has 2 aromatic rings. The molecule has 104 valence electrons. The molecule has 0 aliphatic heterocycles. The lowest BCUT2D eigenvalue weighted by Crippen LogP contribution is -2.24. The Kier molecular flexibility index (Phi) is 4.41. The number of carbonyl (C=O) groups excluding carboxylic acids is 1. The Morgan fingerprint density at radius 2 is 1.75 bits per heavy atom. The second-order valence-electron chi connectivity index (χ2n) is 4.64. The molecule has 0 aliphatic carbocycles. The smallest absolute Gasteiger partial charge is 0.202 e. The molecular weight excluding hydrogens is 252 g/mol. The van der Waals surface area contributed by atoms with Crippen LogP contribution in [-0.2, 0) is 0 Å². The standard InChI is InChI=1S/C17H18O3/c1-12-9-10-15(16(11-12)19-3)20-13(2)17(18)14-7-5-4-6-8-14/h4-11,13H,1-3H3. The van der Waals surface area contributed by atoms with E-state index in [1.807, 2.05) is 43.3 Å². The molecule has 1 unspecified atom stereocenters. The summed E-state index contributed by atoms with van der Waals surface area (Å²) in [5, 5.41) is 0. The minimum Gasteiger partial charge on any atom is -0.493 e. The summed E-state index contributed by atoms with van der Waals surface area (Å²) in [4.78, 5) is 12.2. The summed E-state index contributed by atoms with van der Waals surface area (Å²) in [5.74, 6) is 1.17. The highest BCUT2D eigenvalue weighted by atomic mass is 16.5. The van der Waals surface area contributed by atoms with Crippen molar-refractivity contribution < 1.29 is 14.3 Å². The molecule has 0 radical (unpaired) electrons. The molecular formula is C17H18O3. The van der Waals surface area contributed by atoms with Crippen molar-refractivity contribution in [1.82, 2.24) is 0 Å². The van der Waals surface area contributed by atoms with Crippen LogP contribution in [0.4, 0.5) is 0 Å². The van der Waals surface area contributed by atoms with E-state index in [2.05, 4.69) is 0 Å². The van der Waals surface area contributed by atoms with Crippen LogP contribution in [0.5, 0.6) is 11.5 Å². The number of carbonyl (C=O) groups is 1. The SMILES string of the molecule is COc1cc(C)ccc1OC(C)C(=O)c1ccccc1. The molecule has 0 saturated heterocycles. The minimum atomic E-state index is -0.561. The maximum Gasteiger partial charge on any atom is 0.202 e. The van der Waals surface area contributed by atoms with Crippen molar-refractivity contribution >= 4 is 5.78 Å². The lowest BCUT2D eigenvalue weighted by atomic mass is 10.1. The molecule has 3 nitrogen and oxygen atoms in total. The number of benzene rings is 2. The minimum absolute atomic E-state index is 0.0479. The molecule has 0 aliphatic rings. The zero-order chi connectivity index (χ0) is 14.5. The second-order valence-corrected chi connectivity index (χ2v) is 4.64. The molecule has 2 rings (SSSR count). The number of ketones is 1. The van der Waals surface area contributed by atoms with Gasteiger partial charge in [0.15, 0.2) is 17.6 Å². The Morgan fingerprint density at radius 1 is 1.05 bits per heavy atom. The van der Waals surface area contributed by atoms with Gasteiger partial charge in [-0.05, 0) is 31.5 Å². The average Bonchev–Trinajstić information content (AvgIpc) is 2.49. The van der Waals surface area contributed by atoms with Gasteiger partial charge in [0.05, 0.1) is 7.11 Å². The molecule has 0 fully saturated rings. The molecule has 0 N–H and O–H groups in total. The van der Waals surface area contributed by atoms with E-state index in [4.69, 9.17) is 9.47 Å². The monoisotopic (exact) mass is 270 g/mol. The summed E-state index contributed by atoms with van der Waals surface area (Å²) in [7, 11) is 1.59. The molecule has 20 heavy (non-hydrogen) atoms. The van der Waals surface area contributed by atoms with Crippen molar-refractivity contribution in [2.24, 2.45) is 0 Å². The van der Waals surface area contributed by atoms with Gasteiger partial charge in [-0.15, -0.1) is 0 Å². The number of Topliss-reactive ketones (excluding diaryl/α,β-unsaturated/α-hetero) is 1. The zero-order valence-electron chi connectivity index (χ0n) is 11.9. The molecule has 3 heteroatoms. The van der Waals surface area contributed by atoms with E-state index in [1.165, 1.54) is 0 Å². The van der Waals surface area contributed by atoms with Crippen LogP contribution in [0, 0.1) is 6.92 Å². The first kappa shape index (κ1) is 14.1. The Hall–Kier alpha value is -2.29. The lowest BCUT2D eigenvalue weighted by Gasteiger charge is -2.16. The van der Waals surface area contributed by atoms with Gasteiger partial charge in [-0.2, -0.15) is 0 Å². The van der Waals surface area contributed by atoms with Crippen LogP contribution < -0.4 is 9.47 Å². The van der Waals surface area contributed by atoms with E-state index in [0.717, 1.165) is 5.56 Å². The largest absolute Gasteiger partial charge is 0.493 e. The van der Waals surface area contributed by atoms with Crippen molar-refractivity contribution in [2.45, 2.75) is 20.0 Å². The topological polar surface area (TPSA) is 35.5 Å². The zero-order valence-corrected chi connectivity index (χ0v) is 11.9. The van der Waals surface area contributed by atoms with E-state index in [0.29, 0.717) is 17.1 Å². The Morgan fingerprint density at radius 3 is 2.40 bits per heavy atom. The lowest BCUT2D eigenvalue weighted by molar-refractivity contribution is 0.0814. The van der Waals surface area contributed by atoms with Crippen LogP contribution in [0.3, 0.4) is 0 Å². The van der Waals surface area contributed by atoms with Crippen molar-refractivity contribution in [3.8, 4) is 11.5 Å². The highest BCUT2D eigenvalue weighted by molar-refractivity contribution is 5.99. The fourth-order valence-corrected chi connectivity index (χ4v) is 1.95. The van der Waals surface area contributed by atoms with E-state index < -0.39 is 6.10 Å². The van der Waals surface area contributed by atoms with Gasteiger partial charge in [-0.3, -0.25) is 4.79 Å². The first-order valence-electron chi connectivity index (χ1n) is 6.52. The van der Waals surface area contributed by atoms with Crippen LogP contribution in [0.1, 0.15) is 22.8 Å². The van der Waals surface area contributed by atoms with Crippen molar-refractivity contribution in [2.75, 3.05) is 7.11 Å². The van der Waals surface area contributed by atoms with Gasteiger partial charge in [0.25, 0.3) is 0 Å². The van der Waals surface area contributed by atoms with Gasteiger partial charge >= 0.3 is 0 Å². The van der Waals surface area contributed by atoms with Gasteiger partial charge in [-0.25, -0.2) is 0 Å². The average molecular weight is 270 g/mol. The molecule has 0 spiro atoms. The summed E-state index contributed by atoms with van der Waals surface area (Å²) in [6.45, 7) is 3.72. The fourth-order valence-electron chi connectivity index (χ4n) is 1.95. The summed E-state index contributed by atoms with van der Waals surface area (Å²) < 4.78 is 11.0. The van der Waals surface area contributed by atoms with E-state index >= 15 is 0 Å².